The van der Waals surface area contributed by atoms with Crippen molar-refractivity contribution >= 4 is 34.2 Å². The number of fused-ring (bicyclic) bond motifs is 3. The number of ether oxygens (including phenoxy) is 1. The van der Waals surface area contributed by atoms with E-state index in [1.807, 2.05) is 31.1 Å². The van der Waals surface area contributed by atoms with Gasteiger partial charge in [-0.1, -0.05) is 19.8 Å². The number of anilines is 2. The van der Waals surface area contributed by atoms with Gasteiger partial charge in [0.2, 0.25) is 17.7 Å². The zero-order chi connectivity index (χ0) is 29.9. The molecule has 1 saturated heterocycles. The van der Waals surface area contributed by atoms with Crippen LogP contribution in [0, 0.1) is 0 Å². The highest BCUT2D eigenvalue weighted by Crippen LogP contribution is 2.28. The normalized spacial score (nSPS) is 14.7. The average molecular weight is 587 g/mol. The number of furan rings is 1. The lowest BCUT2D eigenvalue weighted by atomic mass is 10.1. The molecule has 1 amide bonds. The average Bonchev–Trinajstić information content (AvgIpc) is 3.78. The van der Waals surface area contributed by atoms with E-state index in [1.165, 1.54) is 4.52 Å². The van der Waals surface area contributed by atoms with Crippen molar-refractivity contribution in [3.8, 4) is 17.3 Å². The first kappa shape index (κ1) is 28.5. The van der Waals surface area contributed by atoms with E-state index < -0.39 is 6.04 Å². The Bertz CT molecular complexity index is 1670. The van der Waals surface area contributed by atoms with Gasteiger partial charge >= 0.3 is 0 Å². The van der Waals surface area contributed by atoms with E-state index in [1.54, 1.807) is 29.3 Å². The summed E-state index contributed by atoms with van der Waals surface area (Å²) in [6.45, 7) is 6.37. The van der Waals surface area contributed by atoms with Crippen molar-refractivity contribution in [1.29, 1.82) is 0 Å². The Morgan fingerprint density at radius 1 is 1.09 bits per heavy atom. The second-order valence-corrected chi connectivity index (χ2v) is 11.1. The fraction of sp³-hybridized carbons (Fsp3) is 0.433. The molecule has 226 valence electrons. The Labute approximate surface area is 249 Å². The van der Waals surface area contributed by atoms with Crippen molar-refractivity contribution in [2.75, 3.05) is 64.1 Å². The summed E-state index contributed by atoms with van der Waals surface area (Å²) in [5.74, 6) is 2.00. The molecule has 0 spiro atoms. The van der Waals surface area contributed by atoms with Crippen LogP contribution < -0.4 is 15.4 Å². The number of piperazine rings is 1. The van der Waals surface area contributed by atoms with Crippen molar-refractivity contribution in [2.45, 2.75) is 32.2 Å². The number of benzene rings is 1. The van der Waals surface area contributed by atoms with Crippen LogP contribution in [0.2, 0.25) is 0 Å². The van der Waals surface area contributed by atoms with E-state index in [2.05, 4.69) is 49.0 Å². The maximum atomic E-state index is 14.0. The number of carbonyl (C=O) groups excluding carboxylic acids is 1. The number of unbranched alkanes of at least 4 members (excludes halogenated alkanes) is 1. The summed E-state index contributed by atoms with van der Waals surface area (Å²) < 4.78 is 14.5. The van der Waals surface area contributed by atoms with Crippen LogP contribution in [0.25, 0.3) is 28.3 Å². The Hall–Kier alpha value is -4.65. The number of nitrogens with zero attached hydrogens (tertiary/aromatic N) is 9. The summed E-state index contributed by atoms with van der Waals surface area (Å²) in [4.78, 5) is 29.6. The maximum Gasteiger partial charge on any atom is 0.247 e. The van der Waals surface area contributed by atoms with Crippen LogP contribution in [0.4, 0.5) is 11.6 Å². The van der Waals surface area contributed by atoms with Crippen molar-refractivity contribution in [3.63, 3.8) is 0 Å². The highest BCUT2D eigenvalue weighted by Gasteiger charge is 2.31. The van der Waals surface area contributed by atoms with E-state index >= 15 is 0 Å². The summed E-state index contributed by atoms with van der Waals surface area (Å²) in [6, 6.07) is 11.3. The number of aromatic nitrogens is 6. The molecule has 6 rings (SSSR count). The lowest BCUT2D eigenvalue weighted by Gasteiger charge is -2.37. The van der Waals surface area contributed by atoms with Crippen LogP contribution in [0.15, 0.2) is 53.3 Å². The van der Waals surface area contributed by atoms with Crippen molar-refractivity contribution in [1.82, 2.24) is 39.2 Å². The number of nitrogens with two attached hydrogens (primary N) is 1. The van der Waals surface area contributed by atoms with Gasteiger partial charge in [-0.2, -0.15) is 14.6 Å². The van der Waals surface area contributed by atoms with Crippen LogP contribution >= 0.6 is 0 Å². The number of rotatable bonds is 11. The maximum absolute atomic E-state index is 14.0. The van der Waals surface area contributed by atoms with Crippen molar-refractivity contribution in [2.24, 2.45) is 0 Å². The molecule has 13 nitrogen and oxygen atoms in total. The van der Waals surface area contributed by atoms with Gasteiger partial charge in [0.1, 0.15) is 18.4 Å². The van der Waals surface area contributed by atoms with E-state index in [9.17, 15) is 4.79 Å². The van der Waals surface area contributed by atoms with E-state index in [4.69, 9.17) is 14.9 Å². The third-order valence-corrected chi connectivity index (χ3v) is 7.81. The van der Waals surface area contributed by atoms with Crippen molar-refractivity contribution in [3.05, 3.63) is 48.9 Å². The van der Waals surface area contributed by atoms with Crippen molar-refractivity contribution < 1.29 is 13.9 Å². The van der Waals surface area contributed by atoms with Crippen LogP contribution in [0.3, 0.4) is 0 Å². The monoisotopic (exact) mass is 586 g/mol. The minimum Gasteiger partial charge on any atom is -0.492 e. The summed E-state index contributed by atoms with van der Waals surface area (Å²) in [5.41, 5.74) is 8.48. The third kappa shape index (κ3) is 5.85. The number of carbonyl (C=O) groups is 1. The number of hydrogen-bond donors (Lipinski definition) is 1. The van der Waals surface area contributed by atoms with E-state index in [0.29, 0.717) is 54.4 Å². The first-order chi connectivity index (χ1) is 20.9. The summed E-state index contributed by atoms with van der Waals surface area (Å²) in [6.07, 6.45) is 5.75. The molecule has 13 heteroatoms. The molecule has 0 saturated carbocycles. The minimum atomic E-state index is -0.496. The zero-order valence-corrected chi connectivity index (χ0v) is 24.9. The Morgan fingerprint density at radius 2 is 1.88 bits per heavy atom. The van der Waals surface area contributed by atoms with Gasteiger partial charge < -0.3 is 29.6 Å². The van der Waals surface area contributed by atoms with Crippen LogP contribution in [0.1, 0.15) is 32.2 Å². The molecule has 1 aliphatic heterocycles. The second kappa shape index (κ2) is 12.3. The van der Waals surface area contributed by atoms with Gasteiger partial charge in [0, 0.05) is 38.4 Å². The third-order valence-electron chi connectivity index (χ3n) is 7.81. The predicted molar refractivity (Wildman–Crippen MR) is 164 cm³/mol. The van der Waals surface area contributed by atoms with Crippen LogP contribution in [-0.4, -0.2) is 98.5 Å². The van der Waals surface area contributed by atoms with Gasteiger partial charge in [-0.15, -0.1) is 5.10 Å². The molecule has 1 aromatic carbocycles. The highest BCUT2D eigenvalue weighted by molar-refractivity contribution is 5.92. The second-order valence-electron chi connectivity index (χ2n) is 11.1. The largest absolute Gasteiger partial charge is 0.492 e. The molecule has 5 aromatic rings. The molecule has 1 aliphatic rings. The molecule has 0 radical (unpaired) electrons. The SMILES string of the molecule is CCCCC(C(=O)N1CCN(c2ccc(OCCN(C)C)cc2)CC1)n1ncc2c1nc(N)n1nc(-c3ccco3)nc21. The lowest BCUT2D eigenvalue weighted by molar-refractivity contribution is -0.135. The van der Waals surface area contributed by atoms with E-state index in [-0.39, 0.29) is 11.9 Å². The van der Waals surface area contributed by atoms with Gasteiger partial charge in [-0.05, 0) is 56.9 Å². The highest BCUT2D eigenvalue weighted by atomic mass is 16.5. The standard InChI is InChI=1S/C30H38N10O3/c1-4-5-7-24(29(41)38-15-13-37(14-16-38)21-9-11-22(12-10-21)42-19-17-36(2)3)39-28-23(20-32-39)27-33-26(25-8-6-18-43-25)35-40(27)30(31)34-28/h6,8-12,18,20,24H,4-5,7,13-17,19H2,1-3H3,(H2,31,34). The topological polar surface area (TPSA) is 136 Å². The fourth-order valence-corrected chi connectivity index (χ4v) is 5.41. The molecule has 43 heavy (non-hydrogen) atoms. The van der Waals surface area contributed by atoms with Gasteiger partial charge in [0.05, 0.1) is 17.8 Å². The molecule has 1 unspecified atom stereocenters. The molecule has 1 atom stereocenters. The Morgan fingerprint density at radius 3 is 2.58 bits per heavy atom. The van der Waals surface area contributed by atoms with Gasteiger partial charge in [-0.3, -0.25) is 4.79 Å². The summed E-state index contributed by atoms with van der Waals surface area (Å²) >= 11 is 0. The predicted octanol–water partition coefficient (Wildman–Crippen LogP) is 3.34. The molecular weight excluding hydrogens is 548 g/mol. The lowest BCUT2D eigenvalue weighted by Crippen LogP contribution is -2.50. The van der Waals surface area contributed by atoms with Crippen LogP contribution in [0.5, 0.6) is 5.75 Å². The molecule has 0 aliphatic carbocycles. The zero-order valence-electron chi connectivity index (χ0n) is 24.9. The smallest absolute Gasteiger partial charge is 0.247 e. The number of nitrogen functional groups attached to an aromatic ring is 1. The molecule has 2 N–H and O–H groups in total. The first-order valence-corrected chi connectivity index (χ1v) is 14.8. The molecule has 5 heterocycles. The number of likely N-dealkylation sites (N-methyl/N-ethyl adjacent to an activating group) is 1. The van der Waals surface area contributed by atoms with E-state index in [0.717, 1.165) is 43.9 Å². The van der Waals surface area contributed by atoms with Crippen LogP contribution in [-0.2, 0) is 4.79 Å². The van der Waals surface area contributed by atoms with Gasteiger partial charge in [0.25, 0.3) is 0 Å². The Kier molecular flexibility index (Phi) is 8.14. The van der Waals surface area contributed by atoms with Gasteiger partial charge in [0.15, 0.2) is 17.1 Å². The number of amides is 1. The van der Waals surface area contributed by atoms with Gasteiger partial charge in [-0.25, -0.2) is 9.67 Å². The minimum absolute atomic E-state index is 0.0423. The fourth-order valence-electron chi connectivity index (χ4n) is 5.41. The number of hydrogen-bond acceptors (Lipinski definition) is 10. The molecule has 4 aromatic heterocycles. The summed E-state index contributed by atoms with van der Waals surface area (Å²) in [7, 11) is 4.06. The first-order valence-electron chi connectivity index (χ1n) is 14.8. The molecular formula is C30H38N10O3. The molecule has 0 bridgehead atoms. The summed E-state index contributed by atoms with van der Waals surface area (Å²) in [5, 5.41) is 9.80. The Balaban J connectivity index is 1.18. The quantitative estimate of drug-likeness (QED) is 0.245. The molecule has 1 fully saturated rings.